The number of ether oxygens (including phenoxy) is 3. The minimum Gasteiger partial charge on any atom is -0.507 e. The molecule has 1 atom stereocenters. The second kappa shape index (κ2) is 16.9. The molecule has 2 aromatic carbocycles. The quantitative estimate of drug-likeness (QED) is 0.119. The molecule has 2 rings (SSSR count). The molecule has 2 aromatic rings. The molecule has 0 heterocycles. The van der Waals surface area contributed by atoms with Crippen LogP contribution in [0.2, 0.25) is 0 Å². The van der Waals surface area contributed by atoms with Crippen LogP contribution in [0.4, 0.5) is 13.2 Å². The fourth-order valence-corrected chi connectivity index (χ4v) is 4.00. The molecule has 0 bridgehead atoms. The molecule has 0 spiro atoms. The number of hydrogen-bond acceptors (Lipinski definition) is 6. The van der Waals surface area contributed by atoms with E-state index in [1.54, 1.807) is 0 Å². The van der Waals surface area contributed by atoms with E-state index < -0.39 is 17.5 Å². The molecule has 2 radical (unpaired) electrons. The Kier molecular flexibility index (Phi) is 14.1. The van der Waals surface area contributed by atoms with Gasteiger partial charge in [-0.05, 0) is 50.0 Å². The molecule has 1 amide bonds. The molecular formula is C29H38BF3N2O5. The number of aromatic hydroxyl groups is 1. The van der Waals surface area contributed by atoms with Gasteiger partial charge in [0.15, 0.2) is 0 Å². The summed E-state index contributed by atoms with van der Waals surface area (Å²) in [4.78, 5) is 12.9. The summed E-state index contributed by atoms with van der Waals surface area (Å²) >= 11 is 0. The first-order valence-electron chi connectivity index (χ1n) is 13.2. The zero-order valence-electron chi connectivity index (χ0n) is 23.3. The van der Waals surface area contributed by atoms with E-state index in [-0.39, 0.29) is 38.3 Å². The molecule has 0 saturated heterocycles. The lowest BCUT2D eigenvalue weighted by atomic mass is 9.94. The van der Waals surface area contributed by atoms with E-state index in [2.05, 4.69) is 5.32 Å². The van der Waals surface area contributed by atoms with Gasteiger partial charge in [0.25, 0.3) is 0 Å². The summed E-state index contributed by atoms with van der Waals surface area (Å²) < 4.78 is 57.0. The highest BCUT2D eigenvalue weighted by Gasteiger charge is 2.36. The number of carbonyl (C=O) groups excluding carboxylic acids is 1. The van der Waals surface area contributed by atoms with Gasteiger partial charge in [-0.15, -0.1) is 0 Å². The topological polar surface area (TPSA) is 80.3 Å². The molecule has 40 heavy (non-hydrogen) atoms. The van der Waals surface area contributed by atoms with Crippen LogP contribution in [0.3, 0.4) is 0 Å². The van der Waals surface area contributed by atoms with Crippen molar-refractivity contribution in [1.29, 1.82) is 0 Å². The van der Waals surface area contributed by atoms with Crippen molar-refractivity contribution in [2.45, 2.75) is 51.7 Å². The van der Waals surface area contributed by atoms with Gasteiger partial charge in [-0.25, -0.2) is 0 Å². The normalized spacial score (nSPS) is 12.8. The van der Waals surface area contributed by atoms with Crippen molar-refractivity contribution >= 4 is 25.3 Å². The van der Waals surface area contributed by atoms with E-state index in [1.165, 1.54) is 24.1 Å². The van der Waals surface area contributed by atoms with Crippen LogP contribution in [0.5, 0.6) is 11.5 Å². The van der Waals surface area contributed by atoms with Gasteiger partial charge in [-0.2, -0.15) is 13.2 Å². The highest BCUT2D eigenvalue weighted by Crippen LogP contribution is 2.42. The van der Waals surface area contributed by atoms with E-state index in [9.17, 15) is 23.1 Å². The van der Waals surface area contributed by atoms with Crippen LogP contribution in [0.25, 0.3) is 5.57 Å². The Bertz CT molecular complexity index is 1080. The van der Waals surface area contributed by atoms with Gasteiger partial charge >= 0.3 is 6.18 Å². The number of allylic oxidation sites excluding steroid dienone is 1. The molecule has 218 valence electrons. The Morgan fingerprint density at radius 3 is 2.52 bits per heavy atom. The van der Waals surface area contributed by atoms with E-state index in [4.69, 9.17) is 22.1 Å². The number of rotatable bonds is 18. The number of phenols is 1. The Morgan fingerprint density at radius 2 is 1.90 bits per heavy atom. The third-order valence-electron chi connectivity index (χ3n) is 6.22. The van der Waals surface area contributed by atoms with Gasteiger partial charge in [0.2, 0.25) is 6.41 Å². The summed E-state index contributed by atoms with van der Waals surface area (Å²) in [5, 5.41) is 13.9. The average Bonchev–Trinajstić information content (AvgIpc) is 2.92. The van der Waals surface area contributed by atoms with Crippen molar-refractivity contribution in [3.8, 4) is 11.5 Å². The van der Waals surface area contributed by atoms with Crippen LogP contribution in [0.15, 0.2) is 42.5 Å². The molecule has 11 heteroatoms. The first-order valence-corrected chi connectivity index (χ1v) is 13.2. The summed E-state index contributed by atoms with van der Waals surface area (Å²) in [7, 11) is 7.01. The van der Waals surface area contributed by atoms with Crippen LogP contribution in [0, 0.1) is 0 Å². The van der Waals surface area contributed by atoms with E-state index in [0.29, 0.717) is 49.0 Å². The van der Waals surface area contributed by atoms with Crippen molar-refractivity contribution in [2.75, 3.05) is 40.3 Å². The zero-order chi connectivity index (χ0) is 29.5. The highest BCUT2D eigenvalue weighted by atomic mass is 19.4. The monoisotopic (exact) mass is 562 g/mol. The van der Waals surface area contributed by atoms with Crippen molar-refractivity contribution in [2.24, 2.45) is 0 Å². The van der Waals surface area contributed by atoms with Crippen LogP contribution < -0.4 is 15.5 Å². The Labute approximate surface area is 235 Å². The van der Waals surface area contributed by atoms with Crippen molar-refractivity contribution < 1.29 is 37.3 Å². The Balaban J connectivity index is 1.84. The molecular weight excluding hydrogens is 524 g/mol. The van der Waals surface area contributed by atoms with Gasteiger partial charge in [-0.1, -0.05) is 43.1 Å². The van der Waals surface area contributed by atoms with Crippen LogP contribution >= 0.6 is 0 Å². The fraction of sp³-hybridized carbons (Fsp3) is 0.483. The summed E-state index contributed by atoms with van der Waals surface area (Å²) in [6.45, 7) is 4.73. The summed E-state index contributed by atoms with van der Waals surface area (Å²) in [6.07, 6.45) is -0.847. The molecule has 2 N–H and O–H groups in total. The molecule has 0 aromatic heterocycles. The van der Waals surface area contributed by atoms with Crippen LogP contribution in [-0.2, 0) is 20.7 Å². The fourth-order valence-electron chi connectivity index (χ4n) is 4.00. The number of amides is 1. The Morgan fingerprint density at radius 1 is 1.18 bits per heavy atom. The first-order chi connectivity index (χ1) is 19.1. The van der Waals surface area contributed by atoms with Crippen molar-refractivity contribution in [3.63, 3.8) is 0 Å². The standard InChI is InChI=1S/C29H38BF3N2O5/c1-4-7-25-27(13-12-24(28(25)37)26(14-17-38-3)29(31,32)33)40-16-6-5-15-35(19-36)20-39-18-34-21(2)22-8-10-23(30)11-9-22/h8-14,19,21,34,37H,4-7,15-18,20H2,1-3H3/b26-14+. The van der Waals surface area contributed by atoms with E-state index in [1.807, 2.05) is 38.1 Å². The molecule has 1 unspecified atom stereocenters. The number of nitrogens with one attached hydrogen (secondary N) is 1. The summed E-state index contributed by atoms with van der Waals surface area (Å²) in [5.41, 5.74) is 0.832. The third kappa shape index (κ3) is 10.5. The lowest BCUT2D eigenvalue weighted by molar-refractivity contribution is -0.123. The molecule has 0 aliphatic carbocycles. The minimum atomic E-state index is -4.65. The molecule has 0 aliphatic heterocycles. The average molecular weight is 562 g/mol. The number of unbranched alkanes of at least 4 members (excludes halogenated alkanes) is 1. The Hall–Kier alpha value is -3.02. The maximum atomic E-state index is 13.6. The van der Waals surface area contributed by atoms with Crippen LogP contribution in [-0.4, -0.2) is 70.8 Å². The van der Waals surface area contributed by atoms with Gasteiger partial charge in [0.05, 0.1) is 25.5 Å². The number of alkyl halides is 3. The number of phenolic OH excluding ortho intramolecular Hbond substituents is 1. The minimum absolute atomic E-state index is 0.0509. The predicted octanol–water partition coefficient (Wildman–Crippen LogP) is 4.63. The number of nitrogens with zero attached hydrogens (tertiary/aromatic N) is 1. The second-order valence-corrected chi connectivity index (χ2v) is 9.30. The van der Waals surface area contributed by atoms with Gasteiger partial charge in [0.1, 0.15) is 26.1 Å². The molecule has 0 fully saturated rings. The maximum Gasteiger partial charge on any atom is 0.416 e. The molecule has 0 aliphatic rings. The number of hydrogen-bond donors (Lipinski definition) is 2. The number of carbonyl (C=O) groups is 1. The van der Waals surface area contributed by atoms with Gasteiger partial charge < -0.3 is 24.2 Å². The number of benzene rings is 2. The smallest absolute Gasteiger partial charge is 0.416 e. The van der Waals surface area contributed by atoms with Crippen molar-refractivity contribution in [1.82, 2.24) is 10.2 Å². The predicted molar refractivity (Wildman–Crippen MR) is 150 cm³/mol. The maximum absolute atomic E-state index is 13.6. The second-order valence-electron chi connectivity index (χ2n) is 9.30. The lowest BCUT2D eigenvalue weighted by Crippen LogP contribution is -2.30. The van der Waals surface area contributed by atoms with Gasteiger partial charge in [0, 0.05) is 30.8 Å². The van der Waals surface area contributed by atoms with Crippen LogP contribution in [0.1, 0.15) is 55.8 Å². The third-order valence-corrected chi connectivity index (χ3v) is 6.22. The summed E-state index contributed by atoms with van der Waals surface area (Å²) in [5.74, 6) is -0.101. The van der Waals surface area contributed by atoms with E-state index in [0.717, 1.165) is 18.0 Å². The lowest BCUT2D eigenvalue weighted by Gasteiger charge is -2.20. The number of methoxy groups -OCH3 is 1. The SMILES string of the molecule is [B]c1ccc(C(C)NCOCN(C=O)CCCCOc2ccc(/C(=C\COC)C(F)(F)F)c(O)c2CCC)cc1. The highest BCUT2D eigenvalue weighted by molar-refractivity contribution is 6.32. The molecule has 7 nitrogen and oxygen atoms in total. The van der Waals surface area contributed by atoms with E-state index >= 15 is 0 Å². The van der Waals surface area contributed by atoms with Crippen molar-refractivity contribution in [3.05, 3.63) is 59.2 Å². The molecule has 0 saturated carbocycles. The first kappa shape index (κ1) is 33.2. The zero-order valence-corrected chi connectivity index (χ0v) is 23.3. The summed E-state index contributed by atoms with van der Waals surface area (Å²) in [6, 6.07) is 10.3. The largest absolute Gasteiger partial charge is 0.507 e. The number of halogens is 3. The van der Waals surface area contributed by atoms with Gasteiger partial charge in [-0.3, -0.25) is 10.1 Å².